The first-order chi connectivity index (χ1) is 11.1. The van der Waals surface area contributed by atoms with Gasteiger partial charge in [-0.15, -0.1) is 0 Å². The topological polar surface area (TPSA) is 54.4 Å². The number of fused-ring (bicyclic) bond motifs is 1. The summed E-state index contributed by atoms with van der Waals surface area (Å²) >= 11 is 6.14. The van der Waals surface area contributed by atoms with Crippen molar-refractivity contribution in [2.75, 3.05) is 0 Å². The highest BCUT2D eigenvalue weighted by molar-refractivity contribution is 6.32. The van der Waals surface area contributed by atoms with E-state index >= 15 is 0 Å². The van der Waals surface area contributed by atoms with Crippen LogP contribution in [0.15, 0.2) is 59.7 Å². The molecule has 2 aromatic carbocycles. The molecule has 114 valence electrons. The first kappa shape index (κ1) is 15.2. The van der Waals surface area contributed by atoms with Gasteiger partial charge in [-0.1, -0.05) is 47.5 Å². The van der Waals surface area contributed by atoms with Crippen LogP contribution in [0.2, 0.25) is 5.15 Å². The van der Waals surface area contributed by atoms with Crippen LogP contribution in [0.5, 0.6) is 0 Å². The molecule has 0 unspecified atom stereocenters. The van der Waals surface area contributed by atoms with Gasteiger partial charge in [0.25, 0.3) is 5.91 Å². The van der Waals surface area contributed by atoms with E-state index in [9.17, 15) is 4.79 Å². The summed E-state index contributed by atoms with van der Waals surface area (Å²) in [6.07, 6.45) is 1.49. The molecule has 1 heterocycles. The van der Waals surface area contributed by atoms with Gasteiger partial charge in [0.05, 0.1) is 11.7 Å². The molecule has 0 atom stereocenters. The number of nitrogens with one attached hydrogen (secondary N) is 1. The number of rotatable bonds is 3. The number of amides is 1. The quantitative estimate of drug-likeness (QED) is 0.450. The minimum absolute atomic E-state index is 0.272. The Balaban J connectivity index is 1.76. The smallest absolute Gasteiger partial charge is 0.267 e. The molecule has 0 aliphatic rings. The van der Waals surface area contributed by atoms with Gasteiger partial charge in [-0.25, -0.2) is 10.4 Å². The fourth-order valence-electron chi connectivity index (χ4n) is 2.13. The summed E-state index contributed by atoms with van der Waals surface area (Å²) in [4.78, 5) is 16.3. The number of carbonyl (C=O) groups excluding carboxylic acids is 1. The van der Waals surface area contributed by atoms with E-state index in [0.29, 0.717) is 16.3 Å². The largest absolute Gasteiger partial charge is 0.271 e. The third-order valence-electron chi connectivity index (χ3n) is 3.39. The number of benzene rings is 2. The van der Waals surface area contributed by atoms with Gasteiger partial charge in [0, 0.05) is 16.5 Å². The molecule has 0 saturated heterocycles. The van der Waals surface area contributed by atoms with Crippen LogP contribution in [0, 0.1) is 6.92 Å². The van der Waals surface area contributed by atoms with E-state index in [1.165, 1.54) is 6.21 Å². The maximum Gasteiger partial charge on any atom is 0.271 e. The summed E-state index contributed by atoms with van der Waals surface area (Å²) in [6.45, 7) is 1.97. The molecule has 3 rings (SSSR count). The van der Waals surface area contributed by atoms with Crippen molar-refractivity contribution in [3.8, 4) is 0 Å². The second kappa shape index (κ2) is 6.58. The monoisotopic (exact) mass is 323 g/mol. The van der Waals surface area contributed by atoms with Crippen LogP contribution < -0.4 is 5.43 Å². The van der Waals surface area contributed by atoms with Gasteiger partial charge in [0.1, 0.15) is 5.15 Å². The number of hydrazone groups is 1. The molecule has 0 saturated carbocycles. The summed E-state index contributed by atoms with van der Waals surface area (Å²) < 4.78 is 0. The van der Waals surface area contributed by atoms with Crippen molar-refractivity contribution >= 4 is 34.6 Å². The summed E-state index contributed by atoms with van der Waals surface area (Å²) in [5.41, 5.74) is 5.60. The van der Waals surface area contributed by atoms with Crippen LogP contribution in [0.4, 0.5) is 0 Å². The molecule has 1 aromatic heterocycles. The predicted octanol–water partition coefficient (Wildman–Crippen LogP) is 3.96. The van der Waals surface area contributed by atoms with E-state index in [1.54, 1.807) is 12.1 Å². The number of aryl methyl sites for hydroxylation is 1. The van der Waals surface area contributed by atoms with Gasteiger partial charge < -0.3 is 0 Å². The highest BCUT2D eigenvalue weighted by Gasteiger charge is 2.05. The van der Waals surface area contributed by atoms with Crippen LogP contribution in [-0.4, -0.2) is 17.1 Å². The SMILES string of the molecule is Cc1ccc(C(=O)N/N=C\c2cc3ccccc3nc2Cl)cc1. The number of hydrogen-bond acceptors (Lipinski definition) is 3. The van der Waals surface area contributed by atoms with Gasteiger partial charge in [-0.3, -0.25) is 4.79 Å². The average molecular weight is 324 g/mol. The van der Waals surface area contributed by atoms with Crippen LogP contribution in [0.25, 0.3) is 10.9 Å². The fourth-order valence-corrected chi connectivity index (χ4v) is 2.32. The van der Waals surface area contributed by atoms with Crippen molar-refractivity contribution in [2.45, 2.75) is 6.92 Å². The lowest BCUT2D eigenvalue weighted by atomic mass is 10.1. The van der Waals surface area contributed by atoms with Gasteiger partial charge in [-0.05, 0) is 31.2 Å². The van der Waals surface area contributed by atoms with E-state index in [0.717, 1.165) is 16.5 Å². The van der Waals surface area contributed by atoms with Gasteiger partial charge in [0.15, 0.2) is 0 Å². The highest BCUT2D eigenvalue weighted by Crippen LogP contribution is 2.18. The number of aromatic nitrogens is 1. The van der Waals surface area contributed by atoms with E-state index in [-0.39, 0.29) is 5.91 Å². The lowest BCUT2D eigenvalue weighted by Crippen LogP contribution is -2.17. The second-order valence-corrected chi connectivity index (χ2v) is 5.48. The molecule has 0 aliphatic heterocycles. The third kappa shape index (κ3) is 3.55. The zero-order valence-corrected chi connectivity index (χ0v) is 13.2. The Morgan fingerprint density at radius 3 is 2.70 bits per heavy atom. The Bertz CT molecular complexity index is 888. The van der Waals surface area contributed by atoms with Crippen molar-refractivity contribution in [1.82, 2.24) is 10.4 Å². The fraction of sp³-hybridized carbons (Fsp3) is 0.0556. The summed E-state index contributed by atoms with van der Waals surface area (Å²) in [6, 6.07) is 16.8. The molecule has 0 aliphatic carbocycles. The second-order valence-electron chi connectivity index (χ2n) is 5.13. The maximum atomic E-state index is 12.0. The summed E-state index contributed by atoms with van der Waals surface area (Å²) in [5.74, 6) is -0.272. The number of nitrogens with zero attached hydrogens (tertiary/aromatic N) is 2. The molecule has 0 bridgehead atoms. The molecule has 0 radical (unpaired) electrons. The van der Waals surface area contributed by atoms with Crippen molar-refractivity contribution < 1.29 is 4.79 Å². The minimum atomic E-state index is -0.272. The summed E-state index contributed by atoms with van der Waals surface area (Å²) in [7, 11) is 0. The van der Waals surface area contributed by atoms with Crippen molar-refractivity contribution in [2.24, 2.45) is 5.10 Å². The molecule has 1 amide bonds. The van der Waals surface area contributed by atoms with E-state index in [4.69, 9.17) is 11.6 Å². The Morgan fingerprint density at radius 2 is 1.91 bits per heavy atom. The van der Waals surface area contributed by atoms with Gasteiger partial charge in [-0.2, -0.15) is 5.10 Å². The zero-order chi connectivity index (χ0) is 16.2. The predicted molar refractivity (Wildman–Crippen MR) is 93.0 cm³/mol. The maximum absolute atomic E-state index is 12.0. The third-order valence-corrected chi connectivity index (χ3v) is 3.69. The molecule has 0 fully saturated rings. The molecule has 4 nitrogen and oxygen atoms in total. The standard InChI is InChI=1S/C18H14ClN3O/c1-12-6-8-13(9-7-12)18(23)22-20-11-15-10-14-4-2-3-5-16(14)21-17(15)19/h2-11H,1H3,(H,22,23)/b20-11-. The van der Waals surface area contributed by atoms with Gasteiger partial charge >= 0.3 is 0 Å². The first-order valence-electron chi connectivity index (χ1n) is 7.09. The minimum Gasteiger partial charge on any atom is -0.267 e. The number of para-hydroxylation sites is 1. The van der Waals surface area contributed by atoms with Crippen molar-refractivity contribution in [3.05, 3.63) is 76.4 Å². The highest BCUT2D eigenvalue weighted by atomic mass is 35.5. The van der Waals surface area contributed by atoms with Crippen LogP contribution in [-0.2, 0) is 0 Å². The van der Waals surface area contributed by atoms with Gasteiger partial charge in [0.2, 0.25) is 0 Å². The van der Waals surface area contributed by atoms with Crippen LogP contribution >= 0.6 is 11.6 Å². The lowest BCUT2D eigenvalue weighted by molar-refractivity contribution is 0.0955. The number of carbonyl (C=O) groups is 1. The Kier molecular flexibility index (Phi) is 4.35. The van der Waals surface area contributed by atoms with Crippen molar-refractivity contribution in [1.29, 1.82) is 0 Å². The van der Waals surface area contributed by atoms with Crippen molar-refractivity contribution in [3.63, 3.8) is 0 Å². The molecule has 23 heavy (non-hydrogen) atoms. The normalized spacial score (nSPS) is 11.0. The Hall–Kier alpha value is -2.72. The van der Waals surface area contributed by atoms with E-state index in [1.807, 2.05) is 49.4 Å². The lowest BCUT2D eigenvalue weighted by Gasteiger charge is -2.02. The van der Waals surface area contributed by atoms with Crippen LogP contribution in [0.3, 0.4) is 0 Å². The van der Waals surface area contributed by atoms with Crippen LogP contribution in [0.1, 0.15) is 21.5 Å². The molecule has 5 heteroatoms. The molecule has 3 aromatic rings. The molecular weight excluding hydrogens is 310 g/mol. The first-order valence-corrected chi connectivity index (χ1v) is 7.46. The Labute approximate surface area is 138 Å². The molecule has 1 N–H and O–H groups in total. The number of halogens is 1. The Morgan fingerprint density at radius 1 is 1.17 bits per heavy atom. The molecule has 0 spiro atoms. The average Bonchev–Trinajstić information content (AvgIpc) is 2.56. The van der Waals surface area contributed by atoms with E-state index < -0.39 is 0 Å². The summed E-state index contributed by atoms with van der Waals surface area (Å²) in [5, 5.41) is 5.26. The number of hydrogen-bond donors (Lipinski definition) is 1. The van der Waals surface area contributed by atoms with E-state index in [2.05, 4.69) is 15.5 Å². The molecular formula is C18H14ClN3O. The zero-order valence-electron chi connectivity index (χ0n) is 12.5. The number of pyridine rings is 1.